The topological polar surface area (TPSA) is 81.7 Å². The monoisotopic (exact) mass is 384 g/mol. The number of halogens is 3. The number of imidazole rings is 1. The fourth-order valence-electron chi connectivity index (χ4n) is 3.06. The van der Waals surface area contributed by atoms with Gasteiger partial charge in [0.15, 0.2) is 0 Å². The molecule has 3 N–H and O–H groups in total. The van der Waals surface area contributed by atoms with Gasteiger partial charge in [0.25, 0.3) is 0 Å². The Balaban J connectivity index is 1.89. The van der Waals surface area contributed by atoms with Gasteiger partial charge < -0.3 is 11.1 Å². The van der Waals surface area contributed by atoms with Crippen molar-refractivity contribution in [1.82, 2.24) is 19.5 Å². The Morgan fingerprint density at radius 1 is 1.04 bits per heavy atom. The molecule has 0 saturated carbocycles. The molecule has 2 heterocycles. The summed E-state index contributed by atoms with van der Waals surface area (Å²) in [7, 11) is 0. The molecule has 0 radical (unpaired) electrons. The standard InChI is InChI=1S/C19H15F3N6/c1-10(26-17-8-16(23)24-9-25-17)19-27-15-4-2-3-14(22)18(15)28(19)13-6-11(20)5-12(21)7-13/h2-10H,1H3,(H3,23,24,25,26). The van der Waals surface area contributed by atoms with Crippen LogP contribution in [0.15, 0.2) is 48.8 Å². The zero-order valence-corrected chi connectivity index (χ0v) is 14.7. The van der Waals surface area contributed by atoms with Gasteiger partial charge >= 0.3 is 0 Å². The van der Waals surface area contributed by atoms with Crippen LogP contribution in [0.5, 0.6) is 0 Å². The van der Waals surface area contributed by atoms with Gasteiger partial charge in [0.2, 0.25) is 0 Å². The van der Waals surface area contributed by atoms with Crippen LogP contribution >= 0.6 is 0 Å². The number of aromatic nitrogens is 4. The molecule has 9 heteroatoms. The predicted octanol–water partition coefficient (Wildman–Crippen LogP) is 3.99. The molecule has 0 amide bonds. The van der Waals surface area contributed by atoms with Gasteiger partial charge in [-0.2, -0.15) is 0 Å². The molecule has 28 heavy (non-hydrogen) atoms. The van der Waals surface area contributed by atoms with E-state index in [2.05, 4.69) is 20.3 Å². The zero-order valence-electron chi connectivity index (χ0n) is 14.7. The molecule has 0 aliphatic carbocycles. The number of nitrogens with one attached hydrogen (secondary N) is 1. The van der Waals surface area contributed by atoms with Gasteiger partial charge in [-0.15, -0.1) is 0 Å². The predicted molar refractivity (Wildman–Crippen MR) is 99.4 cm³/mol. The molecule has 2 aromatic heterocycles. The molecule has 1 atom stereocenters. The van der Waals surface area contributed by atoms with Crippen LogP contribution in [-0.4, -0.2) is 19.5 Å². The van der Waals surface area contributed by atoms with Crippen LogP contribution in [-0.2, 0) is 0 Å². The molecule has 4 aromatic rings. The summed E-state index contributed by atoms with van der Waals surface area (Å²) in [5.41, 5.74) is 6.27. The molecule has 6 nitrogen and oxygen atoms in total. The highest BCUT2D eigenvalue weighted by molar-refractivity contribution is 5.79. The van der Waals surface area contributed by atoms with Crippen molar-refractivity contribution in [1.29, 1.82) is 0 Å². The fourth-order valence-corrected chi connectivity index (χ4v) is 3.06. The van der Waals surface area contributed by atoms with Crippen molar-refractivity contribution in [3.05, 3.63) is 72.1 Å². The lowest BCUT2D eigenvalue weighted by atomic mass is 10.2. The summed E-state index contributed by atoms with van der Waals surface area (Å²) in [5.74, 6) is -1.05. The minimum absolute atomic E-state index is 0.121. The van der Waals surface area contributed by atoms with Crippen molar-refractivity contribution < 1.29 is 13.2 Å². The Kier molecular flexibility index (Phi) is 4.34. The van der Waals surface area contributed by atoms with Crippen LogP contribution in [0, 0.1) is 17.5 Å². The smallest absolute Gasteiger partial charge is 0.149 e. The highest BCUT2D eigenvalue weighted by atomic mass is 19.1. The fraction of sp³-hybridized carbons (Fsp3) is 0.105. The van der Waals surface area contributed by atoms with Crippen molar-refractivity contribution in [2.75, 3.05) is 11.1 Å². The number of rotatable bonds is 4. The lowest BCUT2D eigenvalue weighted by Crippen LogP contribution is -2.14. The van der Waals surface area contributed by atoms with E-state index in [-0.39, 0.29) is 17.0 Å². The first-order valence-corrected chi connectivity index (χ1v) is 8.40. The second kappa shape index (κ2) is 6.84. The second-order valence-electron chi connectivity index (χ2n) is 6.23. The van der Waals surface area contributed by atoms with Crippen LogP contribution in [0.2, 0.25) is 0 Å². The van der Waals surface area contributed by atoms with E-state index in [1.807, 2.05) is 0 Å². The van der Waals surface area contributed by atoms with Gasteiger partial charge in [0.1, 0.15) is 46.8 Å². The lowest BCUT2D eigenvalue weighted by molar-refractivity contribution is 0.580. The number of benzene rings is 2. The van der Waals surface area contributed by atoms with Crippen LogP contribution in [0.3, 0.4) is 0 Å². The third kappa shape index (κ3) is 3.22. The van der Waals surface area contributed by atoms with Gasteiger partial charge in [0.05, 0.1) is 17.2 Å². The summed E-state index contributed by atoms with van der Waals surface area (Å²) in [4.78, 5) is 12.4. The molecule has 2 aromatic carbocycles. The number of hydrogen-bond acceptors (Lipinski definition) is 5. The van der Waals surface area contributed by atoms with E-state index in [9.17, 15) is 13.2 Å². The van der Waals surface area contributed by atoms with E-state index in [0.29, 0.717) is 17.2 Å². The van der Waals surface area contributed by atoms with Gasteiger partial charge in [-0.25, -0.2) is 28.1 Å². The molecule has 0 spiro atoms. The van der Waals surface area contributed by atoms with E-state index in [4.69, 9.17) is 5.73 Å². The molecule has 142 valence electrons. The second-order valence-corrected chi connectivity index (χ2v) is 6.23. The summed E-state index contributed by atoms with van der Waals surface area (Å²) in [5, 5.41) is 3.09. The quantitative estimate of drug-likeness (QED) is 0.556. The molecule has 4 rings (SSSR count). The van der Waals surface area contributed by atoms with E-state index >= 15 is 0 Å². The van der Waals surface area contributed by atoms with Crippen LogP contribution < -0.4 is 11.1 Å². The molecule has 0 aliphatic heterocycles. The maximum Gasteiger partial charge on any atom is 0.149 e. The van der Waals surface area contributed by atoms with Crippen molar-refractivity contribution in [3.8, 4) is 5.69 Å². The average molecular weight is 384 g/mol. The third-order valence-electron chi connectivity index (χ3n) is 4.20. The van der Waals surface area contributed by atoms with Crippen LogP contribution in [0.4, 0.5) is 24.8 Å². The Labute approximate surface area is 157 Å². The van der Waals surface area contributed by atoms with Gasteiger partial charge in [-0.05, 0) is 31.2 Å². The Bertz CT molecular complexity index is 1150. The largest absolute Gasteiger partial charge is 0.384 e. The number of para-hydroxylation sites is 1. The van der Waals surface area contributed by atoms with E-state index < -0.39 is 23.5 Å². The Hall–Kier alpha value is -3.62. The maximum atomic E-state index is 14.6. The summed E-state index contributed by atoms with van der Waals surface area (Å²) < 4.78 is 43.6. The number of nitrogens with zero attached hydrogens (tertiary/aromatic N) is 4. The Morgan fingerprint density at radius 3 is 2.50 bits per heavy atom. The molecule has 1 unspecified atom stereocenters. The number of nitrogens with two attached hydrogens (primary N) is 1. The molecular weight excluding hydrogens is 369 g/mol. The van der Waals surface area contributed by atoms with E-state index in [1.54, 1.807) is 13.0 Å². The highest BCUT2D eigenvalue weighted by Gasteiger charge is 2.21. The first-order valence-electron chi connectivity index (χ1n) is 8.40. The SMILES string of the molecule is CC(Nc1cc(N)ncn1)c1nc2cccc(F)c2n1-c1cc(F)cc(F)c1. The average Bonchev–Trinajstić information content (AvgIpc) is 3.02. The number of nitrogen functional groups attached to an aromatic ring is 1. The van der Waals surface area contributed by atoms with Gasteiger partial charge in [-0.1, -0.05) is 6.07 Å². The summed E-state index contributed by atoms with van der Waals surface area (Å²) in [6.07, 6.45) is 1.30. The molecule has 0 fully saturated rings. The Morgan fingerprint density at radius 2 is 1.79 bits per heavy atom. The van der Waals surface area contributed by atoms with Crippen molar-refractivity contribution in [3.63, 3.8) is 0 Å². The first-order chi connectivity index (χ1) is 13.4. The van der Waals surface area contributed by atoms with E-state index in [1.165, 1.54) is 29.1 Å². The molecule has 0 bridgehead atoms. The lowest BCUT2D eigenvalue weighted by Gasteiger charge is -2.17. The number of hydrogen-bond donors (Lipinski definition) is 2. The number of fused-ring (bicyclic) bond motifs is 1. The minimum atomic E-state index is -0.775. The van der Waals surface area contributed by atoms with Crippen molar-refractivity contribution in [2.24, 2.45) is 0 Å². The van der Waals surface area contributed by atoms with Crippen LogP contribution in [0.1, 0.15) is 18.8 Å². The summed E-state index contributed by atoms with van der Waals surface area (Å²) in [6, 6.07) is 8.45. The third-order valence-corrected chi connectivity index (χ3v) is 4.20. The molecular formula is C19H15F3N6. The van der Waals surface area contributed by atoms with Crippen molar-refractivity contribution in [2.45, 2.75) is 13.0 Å². The number of anilines is 2. The van der Waals surface area contributed by atoms with Crippen LogP contribution in [0.25, 0.3) is 16.7 Å². The van der Waals surface area contributed by atoms with Crippen molar-refractivity contribution >= 4 is 22.7 Å². The molecule has 0 saturated heterocycles. The highest BCUT2D eigenvalue weighted by Crippen LogP contribution is 2.29. The summed E-state index contributed by atoms with van der Waals surface area (Å²) in [6.45, 7) is 1.77. The maximum absolute atomic E-state index is 14.6. The zero-order chi connectivity index (χ0) is 19.8. The van der Waals surface area contributed by atoms with Gasteiger partial charge in [0, 0.05) is 12.1 Å². The van der Waals surface area contributed by atoms with E-state index in [0.717, 1.165) is 18.2 Å². The molecule has 0 aliphatic rings. The normalized spacial score (nSPS) is 12.3. The summed E-state index contributed by atoms with van der Waals surface area (Å²) >= 11 is 0. The first kappa shape index (κ1) is 17.8. The van der Waals surface area contributed by atoms with Gasteiger partial charge in [-0.3, -0.25) is 4.57 Å². The minimum Gasteiger partial charge on any atom is -0.384 e.